The predicted molar refractivity (Wildman–Crippen MR) is 134 cm³/mol. The molecule has 1 N–H and O–H groups in total. The highest BCUT2D eigenvalue weighted by atomic mass is 32.1. The molecule has 1 atom stereocenters. The molecule has 0 aliphatic rings. The van der Waals surface area contributed by atoms with Crippen LogP contribution in [0.2, 0.25) is 0 Å². The van der Waals surface area contributed by atoms with Crippen molar-refractivity contribution in [2.75, 3.05) is 18.6 Å². The molecule has 0 bridgehead atoms. The molecule has 1 unspecified atom stereocenters. The first-order valence-corrected chi connectivity index (χ1v) is 11.6. The average Bonchev–Trinajstić information content (AvgIpc) is 3.21. The molecule has 1 aromatic carbocycles. The molecule has 3 rings (SSSR count). The van der Waals surface area contributed by atoms with Gasteiger partial charge in [-0.15, -0.1) is 11.3 Å². The standard InChI is InChI=1S/C25H28N4O4S/c1-6-18(30)16-32-19-11-12-20-21(13-19)34-23(28-20)10-8-7-9-17-14-27-22(15-26-17)29(5)24(31)33-25(2,3)4/h8,10-15,18,30H,6,16H2,1-5H3/b10-8+. The Kier molecular flexibility index (Phi) is 8.21. The van der Waals surface area contributed by atoms with Crippen molar-refractivity contribution < 1.29 is 19.4 Å². The zero-order valence-electron chi connectivity index (χ0n) is 19.9. The quantitative estimate of drug-likeness (QED) is 0.512. The number of ether oxygens (including phenoxy) is 2. The molecule has 8 nitrogen and oxygen atoms in total. The van der Waals surface area contributed by atoms with Crippen LogP contribution in [0.15, 0.2) is 36.7 Å². The molecular formula is C25H28N4O4S. The Morgan fingerprint density at radius 2 is 2.09 bits per heavy atom. The highest BCUT2D eigenvalue weighted by molar-refractivity contribution is 7.19. The average molecular weight is 481 g/mol. The summed E-state index contributed by atoms with van der Waals surface area (Å²) in [4.78, 5) is 26.5. The number of nitrogens with zero attached hydrogens (tertiary/aromatic N) is 4. The van der Waals surface area contributed by atoms with Crippen LogP contribution in [-0.4, -0.2) is 51.5 Å². The van der Waals surface area contributed by atoms with Gasteiger partial charge in [0.25, 0.3) is 0 Å². The van der Waals surface area contributed by atoms with Crippen LogP contribution in [0.1, 0.15) is 44.8 Å². The highest BCUT2D eigenvalue weighted by Crippen LogP contribution is 2.27. The molecule has 1 amide bonds. The maximum Gasteiger partial charge on any atom is 0.415 e. The number of amides is 1. The molecule has 9 heteroatoms. The molecule has 178 valence electrons. The van der Waals surface area contributed by atoms with Crippen LogP contribution >= 0.6 is 11.3 Å². The lowest BCUT2D eigenvalue weighted by Gasteiger charge is -2.23. The number of aliphatic hydroxyl groups excluding tert-OH is 1. The lowest BCUT2D eigenvalue weighted by Crippen LogP contribution is -2.34. The van der Waals surface area contributed by atoms with Gasteiger partial charge in [0.05, 0.1) is 28.7 Å². The summed E-state index contributed by atoms with van der Waals surface area (Å²) in [5.41, 5.74) is 0.761. The van der Waals surface area contributed by atoms with Crippen LogP contribution in [0.3, 0.4) is 0 Å². The molecule has 3 aromatic rings. The summed E-state index contributed by atoms with van der Waals surface area (Å²) in [5.74, 6) is 6.92. The van der Waals surface area contributed by atoms with Gasteiger partial charge in [0.15, 0.2) is 5.82 Å². The molecule has 0 fully saturated rings. The smallest absolute Gasteiger partial charge is 0.415 e. The maximum absolute atomic E-state index is 12.1. The lowest BCUT2D eigenvalue weighted by molar-refractivity contribution is 0.0588. The molecule has 0 radical (unpaired) electrons. The maximum atomic E-state index is 12.1. The van der Waals surface area contributed by atoms with Gasteiger partial charge in [0.1, 0.15) is 28.7 Å². The van der Waals surface area contributed by atoms with Crippen molar-refractivity contribution in [2.45, 2.75) is 45.8 Å². The van der Waals surface area contributed by atoms with E-state index in [2.05, 4.69) is 26.8 Å². The van der Waals surface area contributed by atoms with Gasteiger partial charge >= 0.3 is 6.09 Å². The molecule has 0 aliphatic carbocycles. The minimum atomic E-state index is -0.589. The first-order valence-electron chi connectivity index (χ1n) is 10.8. The molecule has 2 heterocycles. The fourth-order valence-corrected chi connectivity index (χ4v) is 3.50. The van der Waals surface area contributed by atoms with Gasteiger partial charge in [-0.05, 0) is 63.5 Å². The minimum absolute atomic E-state index is 0.268. The van der Waals surface area contributed by atoms with Crippen LogP contribution in [0.25, 0.3) is 16.3 Å². The normalized spacial score (nSPS) is 12.3. The molecule has 0 aliphatic heterocycles. The number of allylic oxidation sites excluding steroid dienone is 1. The Bertz CT molecular complexity index is 1220. The SMILES string of the molecule is CCC(O)COc1ccc2nc(/C=C/C#Cc3cnc(N(C)C(=O)OC(C)(C)C)cn3)sc2c1. The van der Waals surface area contributed by atoms with Crippen molar-refractivity contribution >= 4 is 39.5 Å². The fraction of sp³-hybridized carbons (Fsp3) is 0.360. The largest absolute Gasteiger partial charge is 0.491 e. The minimum Gasteiger partial charge on any atom is -0.491 e. The van der Waals surface area contributed by atoms with Gasteiger partial charge in [-0.1, -0.05) is 12.8 Å². The van der Waals surface area contributed by atoms with E-state index in [0.717, 1.165) is 15.2 Å². The van der Waals surface area contributed by atoms with Crippen molar-refractivity contribution in [1.29, 1.82) is 0 Å². The third-order valence-electron chi connectivity index (χ3n) is 4.45. The predicted octanol–water partition coefficient (Wildman–Crippen LogP) is 4.67. The number of carbonyl (C=O) groups excluding carboxylic acids is 1. The Hall–Kier alpha value is -3.48. The van der Waals surface area contributed by atoms with Gasteiger partial charge in [-0.25, -0.2) is 19.7 Å². The number of anilines is 1. The van der Waals surface area contributed by atoms with Gasteiger partial charge in [0, 0.05) is 7.05 Å². The fourth-order valence-electron chi connectivity index (χ4n) is 2.61. The summed E-state index contributed by atoms with van der Waals surface area (Å²) in [7, 11) is 1.58. The van der Waals surface area contributed by atoms with E-state index >= 15 is 0 Å². The molecule has 0 saturated carbocycles. The monoisotopic (exact) mass is 480 g/mol. The first kappa shape index (κ1) is 25.1. The summed E-state index contributed by atoms with van der Waals surface area (Å²) >= 11 is 1.52. The molecule has 0 spiro atoms. The topological polar surface area (TPSA) is 97.7 Å². The van der Waals surface area contributed by atoms with Crippen LogP contribution < -0.4 is 9.64 Å². The molecular weight excluding hydrogens is 452 g/mol. The number of aliphatic hydroxyl groups is 1. The number of rotatable bonds is 6. The third kappa shape index (κ3) is 7.27. The Morgan fingerprint density at radius 3 is 2.76 bits per heavy atom. The summed E-state index contributed by atoms with van der Waals surface area (Å²) in [6, 6.07) is 5.66. The van der Waals surface area contributed by atoms with E-state index in [4.69, 9.17) is 9.47 Å². The van der Waals surface area contributed by atoms with E-state index in [9.17, 15) is 9.90 Å². The van der Waals surface area contributed by atoms with Crippen molar-refractivity contribution in [3.8, 4) is 17.6 Å². The highest BCUT2D eigenvalue weighted by Gasteiger charge is 2.21. The number of hydrogen-bond donors (Lipinski definition) is 1. The van der Waals surface area contributed by atoms with Gasteiger partial charge in [-0.2, -0.15) is 0 Å². The molecule has 0 saturated heterocycles. The Morgan fingerprint density at radius 1 is 1.29 bits per heavy atom. The summed E-state index contributed by atoms with van der Waals surface area (Å²) in [5, 5.41) is 10.5. The van der Waals surface area contributed by atoms with Crippen LogP contribution in [-0.2, 0) is 4.74 Å². The summed E-state index contributed by atoms with van der Waals surface area (Å²) in [6.45, 7) is 7.59. The van der Waals surface area contributed by atoms with Gasteiger partial charge in [0.2, 0.25) is 0 Å². The number of aromatic nitrogens is 3. The second-order valence-corrected chi connectivity index (χ2v) is 9.52. The van der Waals surface area contributed by atoms with Crippen molar-refractivity contribution in [1.82, 2.24) is 15.0 Å². The summed E-state index contributed by atoms with van der Waals surface area (Å²) in [6.07, 6.45) is 6.19. The second kappa shape index (κ2) is 11.1. The second-order valence-electron chi connectivity index (χ2n) is 8.46. The zero-order valence-corrected chi connectivity index (χ0v) is 20.7. The van der Waals surface area contributed by atoms with Crippen molar-refractivity contribution in [2.24, 2.45) is 0 Å². The van der Waals surface area contributed by atoms with Crippen molar-refractivity contribution in [3.05, 3.63) is 47.4 Å². The van der Waals surface area contributed by atoms with Gasteiger partial charge in [-0.3, -0.25) is 4.90 Å². The Labute approximate surface area is 203 Å². The number of thiazole rings is 1. The third-order valence-corrected chi connectivity index (χ3v) is 5.43. The van der Waals surface area contributed by atoms with E-state index in [1.54, 1.807) is 33.9 Å². The molecule has 2 aromatic heterocycles. The number of benzene rings is 1. The van der Waals surface area contributed by atoms with E-state index in [-0.39, 0.29) is 6.61 Å². The van der Waals surface area contributed by atoms with E-state index in [0.29, 0.717) is 23.7 Å². The summed E-state index contributed by atoms with van der Waals surface area (Å²) < 4.78 is 11.9. The number of carbonyl (C=O) groups is 1. The zero-order chi connectivity index (χ0) is 24.7. The van der Waals surface area contributed by atoms with Crippen LogP contribution in [0, 0.1) is 11.8 Å². The van der Waals surface area contributed by atoms with Gasteiger partial charge < -0.3 is 14.6 Å². The van der Waals surface area contributed by atoms with E-state index in [1.165, 1.54) is 28.6 Å². The molecule has 34 heavy (non-hydrogen) atoms. The first-order chi connectivity index (χ1) is 16.1. The van der Waals surface area contributed by atoms with Crippen LogP contribution in [0.4, 0.5) is 10.6 Å². The lowest BCUT2D eigenvalue weighted by atomic mass is 10.2. The number of hydrogen-bond acceptors (Lipinski definition) is 8. The Balaban J connectivity index is 1.61. The van der Waals surface area contributed by atoms with Crippen molar-refractivity contribution in [3.63, 3.8) is 0 Å². The van der Waals surface area contributed by atoms with Crippen LogP contribution in [0.5, 0.6) is 5.75 Å². The number of fused-ring (bicyclic) bond motifs is 1. The van der Waals surface area contributed by atoms with E-state index in [1.807, 2.05) is 31.2 Å². The van der Waals surface area contributed by atoms with E-state index < -0.39 is 17.8 Å².